The minimum Gasteiger partial charge on any atom is -0.373 e. The Bertz CT molecular complexity index is 471. The zero-order valence-electron chi connectivity index (χ0n) is 10.0. The number of pyridine rings is 1. The average Bonchev–Trinajstić information content (AvgIpc) is 2.72. The number of anilines is 1. The lowest BCUT2D eigenvalue weighted by Gasteiger charge is -2.06. The van der Waals surface area contributed by atoms with Gasteiger partial charge in [0.2, 0.25) is 0 Å². The molecule has 0 aliphatic carbocycles. The fraction of sp³-hybridized carbons (Fsp3) is 0.500. The molecule has 16 heavy (non-hydrogen) atoms. The Morgan fingerprint density at radius 2 is 2.00 bits per heavy atom. The van der Waals surface area contributed by atoms with E-state index in [9.17, 15) is 0 Å². The summed E-state index contributed by atoms with van der Waals surface area (Å²) < 4.78 is 0. The summed E-state index contributed by atoms with van der Waals surface area (Å²) in [7, 11) is 1.86. The third-order valence-electron chi connectivity index (χ3n) is 2.99. The summed E-state index contributed by atoms with van der Waals surface area (Å²) in [5, 5.41) is 3.02. The highest BCUT2D eigenvalue weighted by Crippen LogP contribution is 2.22. The predicted octanol–water partition coefficient (Wildman–Crippen LogP) is 2.90. The molecule has 0 saturated heterocycles. The van der Waals surface area contributed by atoms with E-state index in [1.807, 2.05) is 19.2 Å². The Hall–Kier alpha value is -1.58. The average molecular weight is 218 g/mol. The molecule has 2 aromatic heterocycles. The molecule has 4 nitrogen and oxygen atoms in total. The Labute approximate surface area is 95.5 Å². The zero-order valence-corrected chi connectivity index (χ0v) is 10.0. The molecule has 0 saturated carbocycles. The van der Waals surface area contributed by atoms with Crippen molar-refractivity contribution in [3.05, 3.63) is 18.0 Å². The van der Waals surface area contributed by atoms with Gasteiger partial charge in [-0.15, -0.1) is 0 Å². The molecular formula is C12H18N4. The second-order valence-electron chi connectivity index (χ2n) is 3.95. The molecule has 0 spiro atoms. The molecule has 0 aliphatic heterocycles. The Balaban J connectivity index is 2.43. The smallest absolute Gasteiger partial charge is 0.179 e. The minimum atomic E-state index is 0.507. The fourth-order valence-electron chi connectivity index (χ4n) is 1.92. The molecule has 0 aromatic carbocycles. The molecular weight excluding hydrogens is 200 g/mol. The number of fused-ring (bicyclic) bond motifs is 1. The maximum Gasteiger partial charge on any atom is 0.179 e. The van der Waals surface area contributed by atoms with Crippen LogP contribution in [0, 0.1) is 0 Å². The maximum absolute atomic E-state index is 4.56. The number of aromatic nitrogens is 3. The number of hydrogen-bond acceptors (Lipinski definition) is 3. The van der Waals surface area contributed by atoms with Gasteiger partial charge in [-0.3, -0.25) is 0 Å². The zero-order chi connectivity index (χ0) is 11.5. The second-order valence-corrected chi connectivity index (χ2v) is 3.95. The van der Waals surface area contributed by atoms with Crippen molar-refractivity contribution in [1.82, 2.24) is 15.0 Å². The molecule has 0 atom stereocenters. The summed E-state index contributed by atoms with van der Waals surface area (Å²) in [5.74, 6) is 2.42. The van der Waals surface area contributed by atoms with Gasteiger partial charge < -0.3 is 10.3 Å². The van der Waals surface area contributed by atoms with Gasteiger partial charge in [0.05, 0.1) is 5.52 Å². The lowest BCUT2D eigenvalue weighted by Crippen LogP contribution is -1.97. The van der Waals surface area contributed by atoms with Gasteiger partial charge in [0.15, 0.2) is 5.65 Å². The molecule has 0 aliphatic rings. The van der Waals surface area contributed by atoms with E-state index < -0.39 is 0 Å². The molecule has 0 unspecified atom stereocenters. The van der Waals surface area contributed by atoms with Crippen molar-refractivity contribution in [2.75, 3.05) is 12.4 Å². The Morgan fingerprint density at radius 3 is 2.62 bits per heavy atom. The maximum atomic E-state index is 4.56. The van der Waals surface area contributed by atoms with E-state index in [2.05, 4.69) is 34.1 Å². The van der Waals surface area contributed by atoms with Crippen molar-refractivity contribution in [2.24, 2.45) is 0 Å². The quantitative estimate of drug-likeness (QED) is 0.829. The lowest BCUT2D eigenvalue weighted by molar-refractivity contribution is 0.611. The highest BCUT2D eigenvalue weighted by molar-refractivity contribution is 5.72. The monoisotopic (exact) mass is 218 g/mol. The summed E-state index contributed by atoms with van der Waals surface area (Å²) in [5.41, 5.74) is 1.81. The molecule has 0 bridgehead atoms. The first kappa shape index (κ1) is 10.9. The van der Waals surface area contributed by atoms with Gasteiger partial charge in [-0.05, 0) is 25.0 Å². The van der Waals surface area contributed by atoms with Crippen molar-refractivity contribution < 1.29 is 0 Å². The van der Waals surface area contributed by atoms with Gasteiger partial charge in [-0.2, -0.15) is 0 Å². The number of aromatic amines is 1. The topological polar surface area (TPSA) is 53.6 Å². The normalized spacial score (nSPS) is 11.2. The summed E-state index contributed by atoms with van der Waals surface area (Å²) >= 11 is 0. The number of H-pyrrole nitrogens is 1. The number of nitrogens with zero attached hydrogens (tertiary/aromatic N) is 2. The molecule has 4 heteroatoms. The third-order valence-corrected chi connectivity index (χ3v) is 2.99. The molecule has 0 fully saturated rings. The first-order chi connectivity index (χ1) is 7.78. The van der Waals surface area contributed by atoms with E-state index in [0.717, 1.165) is 35.6 Å². The van der Waals surface area contributed by atoms with Crippen LogP contribution in [0.15, 0.2) is 12.1 Å². The van der Waals surface area contributed by atoms with Gasteiger partial charge in [0.25, 0.3) is 0 Å². The first-order valence-corrected chi connectivity index (χ1v) is 5.82. The van der Waals surface area contributed by atoms with Crippen LogP contribution in [-0.2, 0) is 0 Å². The third kappa shape index (κ3) is 1.87. The number of imidazole rings is 1. The van der Waals surface area contributed by atoms with Crippen LogP contribution in [0.3, 0.4) is 0 Å². The molecule has 86 valence electrons. The second kappa shape index (κ2) is 4.51. The van der Waals surface area contributed by atoms with E-state index in [4.69, 9.17) is 0 Å². The summed E-state index contributed by atoms with van der Waals surface area (Å²) in [6, 6.07) is 3.98. The Kier molecular flexibility index (Phi) is 3.08. The largest absolute Gasteiger partial charge is 0.373 e. The summed E-state index contributed by atoms with van der Waals surface area (Å²) in [6.07, 6.45) is 2.21. The summed E-state index contributed by atoms with van der Waals surface area (Å²) in [4.78, 5) is 12.3. The van der Waals surface area contributed by atoms with Crippen molar-refractivity contribution in [1.29, 1.82) is 0 Å². The van der Waals surface area contributed by atoms with Gasteiger partial charge >= 0.3 is 0 Å². The van der Waals surface area contributed by atoms with Crippen LogP contribution in [0.5, 0.6) is 0 Å². The molecule has 2 aromatic rings. The van der Waals surface area contributed by atoms with Crippen LogP contribution in [0.2, 0.25) is 0 Å². The van der Waals surface area contributed by atoms with Crippen molar-refractivity contribution in [3.8, 4) is 0 Å². The minimum absolute atomic E-state index is 0.507. The van der Waals surface area contributed by atoms with Crippen molar-refractivity contribution >= 4 is 17.0 Å². The van der Waals surface area contributed by atoms with Crippen LogP contribution in [0.1, 0.15) is 38.4 Å². The SMILES string of the molecule is CCC(CC)c1nc2nc(NC)ccc2[nH]1. The number of nitrogens with one attached hydrogen (secondary N) is 2. The molecule has 2 heterocycles. The van der Waals surface area contributed by atoms with E-state index in [1.165, 1.54) is 0 Å². The Morgan fingerprint density at radius 1 is 1.25 bits per heavy atom. The highest BCUT2D eigenvalue weighted by Gasteiger charge is 2.12. The molecule has 2 N–H and O–H groups in total. The van der Waals surface area contributed by atoms with Crippen molar-refractivity contribution in [2.45, 2.75) is 32.6 Å². The lowest BCUT2D eigenvalue weighted by atomic mass is 10.0. The van der Waals surface area contributed by atoms with Gasteiger partial charge in [0, 0.05) is 13.0 Å². The van der Waals surface area contributed by atoms with E-state index in [-0.39, 0.29) is 0 Å². The van der Waals surface area contributed by atoms with Crippen LogP contribution in [0.4, 0.5) is 5.82 Å². The molecule has 2 rings (SSSR count). The summed E-state index contributed by atoms with van der Waals surface area (Å²) in [6.45, 7) is 4.38. The van der Waals surface area contributed by atoms with Gasteiger partial charge in [-0.1, -0.05) is 13.8 Å². The van der Waals surface area contributed by atoms with Crippen molar-refractivity contribution in [3.63, 3.8) is 0 Å². The van der Waals surface area contributed by atoms with E-state index >= 15 is 0 Å². The van der Waals surface area contributed by atoms with E-state index in [1.54, 1.807) is 0 Å². The first-order valence-electron chi connectivity index (χ1n) is 5.82. The van der Waals surface area contributed by atoms with Gasteiger partial charge in [-0.25, -0.2) is 9.97 Å². The van der Waals surface area contributed by atoms with E-state index in [0.29, 0.717) is 5.92 Å². The van der Waals surface area contributed by atoms with Crippen LogP contribution in [0.25, 0.3) is 11.2 Å². The highest BCUT2D eigenvalue weighted by atomic mass is 15.0. The predicted molar refractivity (Wildman–Crippen MR) is 66.8 cm³/mol. The van der Waals surface area contributed by atoms with Crippen LogP contribution < -0.4 is 5.32 Å². The van der Waals surface area contributed by atoms with Crippen LogP contribution >= 0.6 is 0 Å². The molecule has 0 radical (unpaired) electrons. The van der Waals surface area contributed by atoms with Gasteiger partial charge in [0.1, 0.15) is 11.6 Å². The fourth-order valence-corrected chi connectivity index (χ4v) is 1.92. The molecule has 0 amide bonds. The van der Waals surface area contributed by atoms with Crippen LogP contribution in [-0.4, -0.2) is 22.0 Å². The number of hydrogen-bond donors (Lipinski definition) is 2. The number of rotatable bonds is 4. The standard InChI is InChI=1S/C12H18N4/c1-4-8(5-2)11-14-9-6-7-10(13-3)15-12(9)16-11/h6-8H,4-5H2,1-3H3,(H2,13,14,15,16).